The van der Waals surface area contributed by atoms with Crippen LogP contribution in [0.1, 0.15) is 27.4 Å². The number of alkyl halides is 1. The van der Waals surface area contributed by atoms with Crippen LogP contribution < -0.4 is 5.32 Å². The number of hydrogen-bond donors (Lipinski definition) is 1. The molecule has 0 saturated heterocycles. The molecule has 0 radical (unpaired) electrons. The van der Waals surface area contributed by atoms with Gasteiger partial charge in [0.05, 0.1) is 5.92 Å². The monoisotopic (exact) mass is 271 g/mol. The van der Waals surface area contributed by atoms with E-state index in [9.17, 15) is 4.79 Å². The standard InChI is InChI=1S/C16H14ClNO/c17-9-11-4-3-5-12(8-11)16(19)14-10-18-15-7-2-1-6-13(14)15/h1-8,14,18H,9-10H2. The second kappa shape index (κ2) is 5.06. The number of rotatable bonds is 3. The van der Waals surface area contributed by atoms with Crippen molar-refractivity contribution >= 4 is 23.1 Å². The van der Waals surface area contributed by atoms with Crippen LogP contribution in [0.3, 0.4) is 0 Å². The maximum Gasteiger partial charge on any atom is 0.172 e. The number of nitrogens with one attached hydrogen (secondary N) is 1. The Morgan fingerprint density at radius 2 is 2.05 bits per heavy atom. The fraction of sp³-hybridized carbons (Fsp3) is 0.188. The summed E-state index contributed by atoms with van der Waals surface area (Å²) in [6.45, 7) is 0.670. The van der Waals surface area contributed by atoms with Gasteiger partial charge in [-0.3, -0.25) is 4.79 Å². The number of carbonyl (C=O) groups is 1. The van der Waals surface area contributed by atoms with E-state index in [1.54, 1.807) is 0 Å². The lowest BCUT2D eigenvalue weighted by atomic mass is 9.92. The summed E-state index contributed by atoms with van der Waals surface area (Å²) >= 11 is 5.82. The van der Waals surface area contributed by atoms with Gasteiger partial charge in [-0.1, -0.05) is 36.4 Å². The SMILES string of the molecule is O=C(c1cccc(CCl)c1)C1CNc2ccccc21. The molecule has 0 saturated carbocycles. The van der Waals surface area contributed by atoms with Gasteiger partial charge in [-0.25, -0.2) is 0 Å². The molecule has 1 aliphatic rings. The van der Waals surface area contributed by atoms with Gasteiger partial charge < -0.3 is 5.32 Å². The van der Waals surface area contributed by atoms with Gasteiger partial charge in [-0.15, -0.1) is 11.6 Å². The average Bonchev–Trinajstić information content (AvgIpc) is 2.90. The van der Waals surface area contributed by atoms with Gasteiger partial charge in [0.25, 0.3) is 0 Å². The molecule has 1 N–H and O–H groups in total. The van der Waals surface area contributed by atoms with Crippen LogP contribution in [0.5, 0.6) is 0 Å². The zero-order valence-corrected chi connectivity index (χ0v) is 11.2. The Balaban J connectivity index is 1.93. The molecular weight excluding hydrogens is 258 g/mol. The molecule has 2 aromatic carbocycles. The second-order valence-electron chi connectivity index (χ2n) is 4.72. The lowest BCUT2D eigenvalue weighted by molar-refractivity contribution is 0.0966. The minimum atomic E-state index is -0.0956. The number of carbonyl (C=O) groups excluding carboxylic acids is 1. The molecule has 1 heterocycles. The van der Waals surface area contributed by atoms with E-state index in [0.29, 0.717) is 12.4 Å². The normalized spacial score (nSPS) is 16.8. The predicted molar refractivity (Wildman–Crippen MR) is 78.0 cm³/mol. The molecule has 0 spiro atoms. The first kappa shape index (κ1) is 12.2. The van der Waals surface area contributed by atoms with Gasteiger partial charge in [0.2, 0.25) is 0 Å². The van der Waals surface area contributed by atoms with E-state index in [2.05, 4.69) is 5.32 Å². The largest absolute Gasteiger partial charge is 0.384 e. The minimum absolute atomic E-state index is 0.0956. The van der Waals surface area contributed by atoms with Crippen molar-refractivity contribution in [2.45, 2.75) is 11.8 Å². The number of para-hydroxylation sites is 1. The highest BCUT2D eigenvalue weighted by molar-refractivity contribution is 6.17. The number of benzene rings is 2. The zero-order chi connectivity index (χ0) is 13.2. The smallest absolute Gasteiger partial charge is 0.172 e. The van der Waals surface area contributed by atoms with Gasteiger partial charge in [-0.05, 0) is 23.3 Å². The molecule has 0 aromatic heterocycles. The lowest BCUT2D eigenvalue weighted by Gasteiger charge is -2.10. The number of anilines is 1. The van der Waals surface area contributed by atoms with Crippen molar-refractivity contribution in [3.8, 4) is 0 Å². The molecule has 1 atom stereocenters. The zero-order valence-electron chi connectivity index (χ0n) is 10.4. The van der Waals surface area contributed by atoms with Crippen LogP contribution in [0.25, 0.3) is 0 Å². The van der Waals surface area contributed by atoms with Gasteiger partial charge >= 0.3 is 0 Å². The molecule has 0 aliphatic carbocycles. The Kier molecular flexibility index (Phi) is 3.26. The van der Waals surface area contributed by atoms with Crippen LogP contribution in [0.15, 0.2) is 48.5 Å². The van der Waals surface area contributed by atoms with Crippen LogP contribution >= 0.6 is 11.6 Å². The fourth-order valence-corrected chi connectivity index (χ4v) is 2.69. The summed E-state index contributed by atoms with van der Waals surface area (Å²) in [4.78, 5) is 12.6. The highest BCUT2D eigenvalue weighted by atomic mass is 35.5. The summed E-state index contributed by atoms with van der Waals surface area (Å²) in [7, 11) is 0. The first-order valence-electron chi connectivity index (χ1n) is 6.31. The van der Waals surface area contributed by atoms with Gasteiger partial charge in [0, 0.05) is 23.7 Å². The molecule has 2 aromatic rings. The predicted octanol–water partition coefficient (Wildman–Crippen LogP) is 3.82. The first-order valence-corrected chi connectivity index (χ1v) is 6.85. The number of fused-ring (bicyclic) bond motifs is 1. The van der Waals surface area contributed by atoms with Gasteiger partial charge in [-0.2, -0.15) is 0 Å². The molecule has 3 heteroatoms. The summed E-state index contributed by atoms with van der Waals surface area (Å²) in [5, 5.41) is 3.28. The maximum atomic E-state index is 12.6. The maximum absolute atomic E-state index is 12.6. The number of Topliss-reactive ketones (excluding diaryl/α,β-unsaturated/α-hetero) is 1. The molecular formula is C16H14ClNO. The Labute approximate surface area is 117 Å². The topological polar surface area (TPSA) is 29.1 Å². The molecule has 2 nitrogen and oxygen atoms in total. The summed E-state index contributed by atoms with van der Waals surface area (Å²) < 4.78 is 0. The van der Waals surface area contributed by atoms with Crippen molar-refractivity contribution in [2.24, 2.45) is 0 Å². The third-order valence-corrected chi connectivity index (χ3v) is 3.82. The first-order chi connectivity index (χ1) is 9.29. The summed E-state index contributed by atoms with van der Waals surface area (Å²) in [5.41, 5.74) is 3.87. The molecule has 1 aliphatic heterocycles. The van der Waals surface area contributed by atoms with E-state index < -0.39 is 0 Å². The van der Waals surface area contributed by atoms with Crippen molar-refractivity contribution in [1.82, 2.24) is 0 Å². The van der Waals surface area contributed by atoms with E-state index >= 15 is 0 Å². The number of hydrogen-bond acceptors (Lipinski definition) is 2. The van der Waals surface area contributed by atoms with Crippen molar-refractivity contribution in [3.05, 3.63) is 65.2 Å². The lowest BCUT2D eigenvalue weighted by Crippen LogP contribution is -2.15. The summed E-state index contributed by atoms with van der Waals surface area (Å²) in [6.07, 6.45) is 0. The average molecular weight is 272 g/mol. The van der Waals surface area contributed by atoms with E-state index in [4.69, 9.17) is 11.6 Å². The second-order valence-corrected chi connectivity index (χ2v) is 4.99. The van der Waals surface area contributed by atoms with Crippen molar-refractivity contribution in [1.29, 1.82) is 0 Å². The van der Waals surface area contributed by atoms with Gasteiger partial charge in [0.1, 0.15) is 0 Å². The van der Waals surface area contributed by atoms with Crippen LogP contribution in [0.4, 0.5) is 5.69 Å². The van der Waals surface area contributed by atoms with Gasteiger partial charge in [0.15, 0.2) is 5.78 Å². The van der Waals surface area contributed by atoms with Crippen molar-refractivity contribution in [3.63, 3.8) is 0 Å². The Hall–Kier alpha value is -1.80. The number of halogens is 1. The van der Waals surface area contributed by atoms with E-state index in [1.807, 2.05) is 48.5 Å². The quantitative estimate of drug-likeness (QED) is 0.679. The van der Waals surface area contributed by atoms with Crippen LogP contribution in [-0.4, -0.2) is 12.3 Å². The molecule has 3 rings (SSSR count). The summed E-state index contributed by atoms with van der Waals surface area (Å²) in [5.74, 6) is 0.492. The van der Waals surface area contributed by atoms with Crippen LogP contribution in [-0.2, 0) is 5.88 Å². The van der Waals surface area contributed by atoms with Crippen LogP contribution in [0, 0.1) is 0 Å². The Bertz CT molecular complexity index is 624. The van der Waals surface area contributed by atoms with Crippen molar-refractivity contribution < 1.29 is 4.79 Å². The Morgan fingerprint density at radius 3 is 2.89 bits per heavy atom. The number of ketones is 1. The molecule has 0 fully saturated rings. The van der Waals surface area contributed by atoms with E-state index in [1.165, 1.54) is 0 Å². The third kappa shape index (κ3) is 2.24. The Morgan fingerprint density at radius 1 is 1.21 bits per heavy atom. The van der Waals surface area contributed by atoms with Crippen molar-refractivity contribution in [2.75, 3.05) is 11.9 Å². The highest BCUT2D eigenvalue weighted by Crippen LogP contribution is 2.33. The molecule has 19 heavy (non-hydrogen) atoms. The molecule has 0 amide bonds. The van der Waals surface area contributed by atoms with E-state index in [-0.39, 0.29) is 11.7 Å². The molecule has 0 bridgehead atoms. The van der Waals surface area contributed by atoms with E-state index in [0.717, 1.165) is 22.4 Å². The molecule has 96 valence electrons. The third-order valence-electron chi connectivity index (χ3n) is 3.52. The molecule has 1 unspecified atom stereocenters. The summed E-state index contributed by atoms with van der Waals surface area (Å²) in [6, 6.07) is 15.6. The highest BCUT2D eigenvalue weighted by Gasteiger charge is 2.28. The fourth-order valence-electron chi connectivity index (χ4n) is 2.53. The van der Waals surface area contributed by atoms with Crippen LogP contribution in [0.2, 0.25) is 0 Å². The minimum Gasteiger partial charge on any atom is -0.384 e.